The molecule has 138 valence electrons. The summed E-state index contributed by atoms with van der Waals surface area (Å²) >= 11 is 0. The molecule has 0 unspecified atom stereocenters. The molecule has 0 radical (unpaired) electrons. The van der Waals surface area contributed by atoms with Crippen molar-refractivity contribution in [3.63, 3.8) is 0 Å². The minimum Gasteiger partial charge on any atom is -0.496 e. The first kappa shape index (κ1) is 18.2. The van der Waals surface area contributed by atoms with Crippen molar-refractivity contribution in [2.24, 2.45) is 0 Å². The van der Waals surface area contributed by atoms with Crippen molar-refractivity contribution in [2.45, 2.75) is 46.6 Å². The third-order valence-electron chi connectivity index (χ3n) is 5.07. The van der Waals surface area contributed by atoms with Crippen LogP contribution >= 0.6 is 0 Å². The predicted octanol–water partition coefficient (Wildman–Crippen LogP) is 5.09. The molecule has 0 N–H and O–H groups in total. The van der Waals surface area contributed by atoms with E-state index in [-0.39, 0.29) is 0 Å². The van der Waals surface area contributed by atoms with Gasteiger partial charge in [-0.25, -0.2) is 4.98 Å². The predicted molar refractivity (Wildman–Crippen MR) is 105 cm³/mol. The number of pyridine rings is 1. The van der Waals surface area contributed by atoms with E-state index in [0.29, 0.717) is 12.1 Å². The zero-order chi connectivity index (χ0) is 18.8. The van der Waals surface area contributed by atoms with Gasteiger partial charge in [0.1, 0.15) is 11.3 Å². The van der Waals surface area contributed by atoms with Crippen LogP contribution < -0.4 is 9.47 Å². The van der Waals surface area contributed by atoms with E-state index in [2.05, 4.69) is 49.4 Å². The number of imidazole rings is 1. The Morgan fingerprint density at radius 2 is 1.73 bits per heavy atom. The van der Waals surface area contributed by atoms with Crippen LogP contribution in [0.2, 0.25) is 0 Å². The van der Waals surface area contributed by atoms with Crippen molar-refractivity contribution in [2.75, 3.05) is 14.2 Å². The summed E-state index contributed by atoms with van der Waals surface area (Å²) < 4.78 is 13.2. The molecule has 2 heterocycles. The van der Waals surface area contributed by atoms with E-state index < -0.39 is 0 Å². The Hall–Kier alpha value is -2.56. The normalized spacial score (nSPS) is 11.3. The fourth-order valence-corrected chi connectivity index (χ4v) is 3.61. The van der Waals surface area contributed by atoms with E-state index in [1.54, 1.807) is 14.2 Å². The minimum absolute atomic E-state index is 0.316. The smallest absolute Gasteiger partial charge is 0.298 e. The first-order valence-electron chi connectivity index (χ1n) is 9.12. The fraction of sp³-hybridized carbons (Fsp3) is 0.429. The van der Waals surface area contributed by atoms with Gasteiger partial charge in [-0.05, 0) is 61.6 Å². The van der Waals surface area contributed by atoms with Crippen molar-refractivity contribution >= 4 is 11.2 Å². The summed E-state index contributed by atoms with van der Waals surface area (Å²) in [6, 6.07) is 7.20. The molecule has 3 aromatic rings. The second-order valence-electron chi connectivity index (χ2n) is 6.61. The van der Waals surface area contributed by atoms with Gasteiger partial charge >= 0.3 is 0 Å². The number of aryl methyl sites for hydroxylation is 2. The topological polar surface area (TPSA) is 49.2 Å². The first-order chi connectivity index (χ1) is 12.5. The number of rotatable bonds is 6. The summed E-state index contributed by atoms with van der Waals surface area (Å²) in [5, 5.41) is 0. The lowest BCUT2D eigenvalue weighted by molar-refractivity contribution is 0.332. The van der Waals surface area contributed by atoms with Crippen LogP contribution in [0.15, 0.2) is 24.4 Å². The Morgan fingerprint density at radius 3 is 2.35 bits per heavy atom. The van der Waals surface area contributed by atoms with Crippen molar-refractivity contribution in [3.8, 4) is 22.9 Å². The molecule has 0 fully saturated rings. The van der Waals surface area contributed by atoms with Gasteiger partial charge in [0.15, 0.2) is 5.65 Å². The molecule has 0 aliphatic heterocycles. The quantitative estimate of drug-likeness (QED) is 0.619. The van der Waals surface area contributed by atoms with Crippen LogP contribution in [0.5, 0.6) is 11.8 Å². The number of nitrogens with zero attached hydrogens (tertiary/aromatic N) is 3. The maximum Gasteiger partial charge on any atom is 0.298 e. The van der Waals surface area contributed by atoms with Crippen LogP contribution in [-0.4, -0.2) is 28.8 Å². The van der Waals surface area contributed by atoms with Crippen LogP contribution in [0.1, 0.15) is 43.9 Å². The number of benzene rings is 1. The minimum atomic E-state index is 0.316. The maximum atomic E-state index is 5.59. The summed E-state index contributed by atoms with van der Waals surface area (Å²) in [5.41, 5.74) is 6.22. The van der Waals surface area contributed by atoms with Crippen LogP contribution in [-0.2, 0) is 0 Å². The van der Waals surface area contributed by atoms with E-state index in [1.165, 1.54) is 0 Å². The average Bonchev–Trinajstić information content (AvgIpc) is 3.03. The monoisotopic (exact) mass is 353 g/mol. The number of fused-ring (bicyclic) bond motifs is 1. The highest BCUT2D eigenvalue weighted by Gasteiger charge is 2.21. The molecule has 0 spiro atoms. The van der Waals surface area contributed by atoms with Gasteiger partial charge in [0, 0.05) is 17.8 Å². The molecule has 26 heavy (non-hydrogen) atoms. The highest BCUT2D eigenvalue weighted by atomic mass is 16.5. The van der Waals surface area contributed by atoms with E-state index in [9.17, 15) is 0 Å². The number of methoxy groups -OCH3 is 2. The third-order valence-corrected chi connectivity index (χ3v) is 5.07. The fourth-order valence-electron chi connectivity index (χ4n) is 3.61. The van der Waals surface area contributed by atoms with Gasteiger partial charge in [0.25, 0.3) is 6.01 Å². The zero-order valence-electron chi connectivity index (χ0n) is 16.5. The third kappa shape index (κ3) is 2.91. The summed E-state index contributed by atoms with van der Waals surface area (Å²) in [6.45, 7) is 8.52. The van der Waals surface area contributed by atoms with Crippen LogP contribution in [0.4, 0.5) is 0 Å². The molecular formula is C21H27N3O2. The van der Waals surface area contributed by atoms with Gasteiger partial charge in [0.05, 0.1) is 14.2 Å². The molecule has 1 aromatic carbocycles. The number of aromatic nitrogens is 3. The Kier molecular flexibility index (Phi) is 5.16. The SMILES string of the molecule is CCC(CC)n1c(OC)nc2c(-c3cc(C)c(OC)cc3C)ccnc21. The second-order valence-corrected chi connectivity index (χ2v) is 6.61. The molecule has 0 saturated heterocycles. The van der Waals surface area contributed by atoms with E-state index >= 15 is 0 Å². The molecule has 5 heteroatoms. The van der Waals surface area contributed by atoms with Crippen molar-refractivity contribution in [1.29, 1.82) is 0 Å². The average molecular weight is 353 g/mol. The molecular weight excluding hydrogens is 326 g/mol. The van der Waals surface area contributed by atoms with Gasteiger partial charge < -0.3 is 9.47 Å². The Bertz CT molecular complexity index is 927. The second kappa shape index (κ2) is 7.36. The van der Waals surface area contributed by atoms with Gasteiger partial charge in [-0.15, -0.1) is 0 Å². The molecule has 0 bridgehead atoms. The largest absolute Gasteiger partial charge is 0.496 e. The molecule has 5 nitrogen and oxygen atoms in total. The van der Waals surface area contributed by atoms with Crippen molar-refractivity contribution in [1.82, 2.24) is 14.5 Å². The van der Waals surface area contributed by atoms with Crippen molar-refractivity contribution in [3.05, 3.63) is 35.5 Å². The Labute approximate surface area is 155 Å². The lowest BCUT2D eigenvalue weighted by Gasteiger charge is -2.17. The molecule has 3 rings (SSSR count). The lowest BCUT2D eigenvalue weighted by atomic mass is 9.98. The molecule has 0 aliphatic carbocycles. The van der Waals surface area contributed by atoms with Crippen LogP contribution in [0.25, 0.3) is 22.3 Å². The van der Waals surface area contributed by atoms with Gasteiger partial charge in [-0.3, -0.25) is 4.57 Å². The van der Waals surface area contributed by atoms with Gasteiger partial charge in [-0.1, -0.05) is 13.8 Å². The van der Waals surface area contributed by atoms with E-state index in [0.717, 1.165) is 52.0 Å². The standard InChI is InChI=1S/C21H27N3O2/c1-7-15(8-2)24-20-19(23-21(24)26-6)16(9-10-22-20)17-11-14(4)18(25-5)12-13(17)3/h9-12,15H,7-8H2,1-6H3. The summed E-state index contributed by atoms with van der Waals surface area (Å²) in [6.07, 6.45) is 3.87. The number of hydrogen-bond acceptors (Lipinski definition) is 4. The molecule has 0 saturated carbocycles. The summed E-state index contributed by atoms with van der Waals surface area (Å²) in [7, 11) is 3.37. The number of hydrogen-bond donors (Lipinski definition) is 0. The zero-order valence-corrected chi connectivity index (χ0v) is 16.5. The molecule has 0 atom stereocenters. The Morgan fingerprint density at radius 1 is 1.00 bits per heavy atom. The lowest BCUT2D eigenvalue weighted by Crippen LogP contribution is -2.09. The number of ether oxygens (including phenoxy) is 2. The summed E-state index contributed by atoms with van der Waals surface area (Å²) in [4.78, 5) is 9.42. The highest BCUT2D eigenvalue weighted by molar-refractivity contribution is 5.92. The van der Waals surface area contributed by atoms with Crippen LogP contribution in [0.3, 0.4) is 0 Å². The molecule has 2 aromatic heterocycles. The van der Waals surface area contributed by atoms with Gasteiger partial charge in [0.2, 0.25) is 0 Å². The summed E-state index contributed by atoms with van der Waals surface area (Å²) in [5.74, 6) is 0.900. The maximum absolute atomic E-state index is 5.59. The van der Waals surface area contributed by atoms with Crippen LogP contribution in [0, 0.1) is 13.8 Å². The van der Waals surface area contributed by atoms with Gasteiger partial charge in [-0.2, -0.15) is 4.98 Å². The Balaban J connectivity index is 2.28. The molecule has 0 amide bonds. The highest BCUT2D eigenvalue weighted by Crippen LogP contribution is 2.36. The van der Waals surface area contributed by atoms with Crippen molar-refractivity contribution < 1.29 is 9.47 Å². The molecule has 0 aliphatic rings. The first-order valence-corrected chi connectivity index (χ1v) is 9.12. The van der Waals surface area contributed by atoms with E-state index in [1.807, 2.05) is 12.3 Å². The van der Waals surface area contributed by atoms with E-state index in [4.69, 9.17) is 14.5 Å².